The van der Waals surface area contributed by atoms with Crippen molar-refractivity contribution in [2.45, 2.75) is 19.6 Å². The SMILES string of the molecule is O=C(NCCc1ccccc1)OCc1cn(Cc2ccc(F)cc2)nn1. The van der Waals surface area contributed by atoms with E-state index < -0.39 is 6.09 Å². The van der Waals surface area contributed by atoms with Crippen LogP contribution in [0.2, 0.25) is 0 Å². The molecule has 3 rings (SSSR count). The highest BCUT2D eigenvalue weighted by Gasteiger charge is 2.06. The van der Waals surface area contributed by atoms with E-state index in [2.05, 4.69) is 15.6 Å². The van der Waals surface area contributed by atoms with Gasteiger partial charge in [0.25, 0.3) is 0 Å². The number of benzene rings is 2. The Kier molecular flexibility index (Phi) is 5.92. The summed E-state index contributed by atoms with van der Waals surface area (Å²) in [6.07, 6.45) is 1.94. The van der Waals surface area contributed by atoms with Crippen LogP contribution in [0.4, 0.5) is 9.18 Å². The number of alkyl carbamates (subject to hydrolysis) is 1. The maximum Gasteiger partial charge on any atom is 0.407 e. The molecule has 6 nitrogen and oxygen atoms in total. The molecule has 1 N–H and O–H groups in total. The molecular weight excluding hydrogens is 335 g/mol. The lowest BCUT2D eigenvalue weighted by atomic mass is 10.1. The Balaban J connectivity index is 1.40. The summed E-state index contributed by atoms with van der Waals surface area (Å²) >= 11 is 0. The second-order valence-corrected chi connectivity index (χ2v) is 5.77. The summed E-state index contributed by atoms with van der Waals surface area (Å²) in [4.78, 5) is 11.7. The van der Waals surface area contributed by atoms with Gasteiger partial charge in [-0.1, -0.05) is 47.7 Å². The average Bonchev–Trinajstić information content (AvgIpc) is 3.10. The summed E-state index contributed by atoms with van der Waals surface area (Å²) in [7, 11) is 0. The summed E-state index contributed by atoms with van der Waals surface area (Å²) in [5.74, 6) is -0.278. The summed E-state index contributed by atoms with van der Waals surface area (Å²) in [5, 5.41) is 10.6. The second-order valence-electron chi connectivity index (χ2n) is 5.77. The van der Waals surface area contributed by atoms with Gasteiger partial charge in [-0.2, -0.15) is 0 Å². The number of aromatic nitrogens is 3. The number of nitrogens with one attached hydrogen (secondary N) is 1. The molecule has 0 saturated heterocycles. The zero-order valence-corrected chi connectivity index (χ0v) is 14.1. The van der Waals surface area contributed by atoms with Gasteiger partial charge >= 0.3 is 6.09 Å². The third kappa shape index (κ3) is 5.41. The Labute approximate surface area is 150 Å². The zero-order valence-electron chi connectivity index (χ0n) is 14.1. The molecule has 0 spiro atoms. The molecule has 0 radical (unpaired) electrons. The standard InChI is InChI=1S/C19H19FN4O2/c20-17-8-6-16(7-9-17)12-24-13-18(22-23-24)14-26-19(25)21-11-10-15-4-2-1-3-5-15/h1-9,13H,10-12,14H2,(H,21,25). The number of carbonyl (C=O) groups excluding carboxylic acids is 1. The lowest BCUT2D eigenvalue weighted by Crippen LogP contribution is -2.26. The van der Waals surface area contributed by atoms with E-state index in [-0.39, 0.29) is 12.4 Å². The van der Waals surface area contributed by atoms with Gasteiger partial charge < -0.3 is 10.1 Å². The van der Waals surface area contributed by atoms with E-state index in [9.17, 15) is 9.18 Å². The van der Waals surface area contributed by atoms with Crippen molar-refractivity contribution in [3.05, 3.63) is 83.4 Å². The van der Waals surface area contributed by atoms with E-state index in [4.69, 9.17) is 4.74 Å². The minimum atomic E-state index is -0.492. The fourth-order valence-electron chi connectivity index (χ4n) is 2.40. The number of amides is 1. The number of rotatable bonds is 7. The molecule has 0 bridgehead atoms. The number of hydrogen-bond donors (Lipinski definition) is 1. The molecule has 0 aliphatic carbocycles. The quantitative estimate of drug-likeness (QED) is 0.708. The van der Waals surface area contributed by atoms with Gasteiger partial charge in [-0.25, -0.2) is 13.9 Å². The molecule has 26 heavy (non-hydrogen) atoms. The predicted molar refractivity (Wildman–Crippen MR) is 93.9 cm³/mol. The summed E-state index contributed by atoms with van der Waals surface area (Å²) in [6, 6.07) is 16.1. The summed E-state index contributed by atoms with van der Waals surface area (Å²) < 4.78 is 19.6. The number of carbonyl (C=O) groups is 1. The Morgan fingerprint density at radius 3 is 2.62 bits per heavy atom. The fraction of sp³-hybridized carbons (Fsp3) is 0.211. The van der Waals surface area contributed by atoms with Crippen molar-refractivity contribution in [2.24, 2.45) is 0 Å². The van der Waals surface area contributed by atoms with Crippen molar-refractivity contribution in [3.8, 4) is 0 Å². The summed E-state index contributed by atoms with van der Waals surface area (Å²) in [6.45, 7) is 1.01. The van der Waals surface area contributed by atoms with Gasteiger partial charge in [-0.05, 0) is 29.7 Å². The van der Waals surface area contributed by atoms with E-state index in [1.54, 1.807) is 23.0 Å². The maximum atomic E-state index is 12.9. The monoisotopic (exact) mass is 354 g/mol. The van der Waals surface area contributed by atoms with Crippen molar-refractivity contribution in [2.75, 3.05) is 6.54 Å². The largest absolute Gasteiger partial charge is 0.443 e. The van der Waals surface area contributed by atoms with Crippen LogP contribution in [0.3, 0.4) is 0 Å². The first-order valence-corrected chi connectivity index (χ1v) is 8.27. The average molecular weight is 354 g/mol. The Bertz CT molecular complexity index is 834. The van der Waals surface area contributed by atoms with Gasteiger partial charge in [0.1, 0.15) is 18.1 Å². The van der Waals surface area contributed by atoms with Crippen LogP contribution in [0.15, 0.2) is 60.8 Å². The molecule has 1 amide bonds. The topological polar surface area (TPSA) is 69.0 Å². The zero-order chi connectivity index (χ0) is 18.2. The highest BCUT2D eigenvalue weighted by Crippen LogP contribution is 2.05. The number of nitrogens with zero attached hydrogens (tertiary/aromatic N) is 3. The van der Waals surface area contributed by atoms with Crippen LogP contribution >= 0.6 is 0 Å². The first-order valence-electron chi connectivity index (χ1n) is 8.27. The minimum absolute atomic E-state index is 0.0423. The molecule has 0 aliphatic rings. The molecule has 0 saturated carbocycles. The third-order valence-electron chi connectivity index (χ3n) is 3.72. The lowest BCUT2D eigenvalue weighted by Gasteiger charge is -2.05. The molecule has 1 heterocycles. The van der Waals surface area contributed by atoms with Crippen molar-refractivity contribution >= 4 is 6.09 Å². The fourth-order valence-corrected chi connectivity index (χ4v) is 2.40. The van der Waals surface area contributed by atoms with Gasteiger partial charge in [-0.3, -0.25) is 0 Å². The van der Waals surface area contributed by atoms with Crippen molar-refractivity contribution < 1.29 is 13.9 Å². The van der Waals surface area contributed by atoms with E-state index in [0.717, 1.165) is 17.5 Å². The molecule has 2 aromatic carbocycles. The van der Waals surface area contributed by atoms with E-state index >= 15 is 0 Å². The maximum absolute atomic E-state index is 12.9. The minimum Gasteiger partial charge on any atom is -0.443 e. The molecule has 0 fully saturated rings. The first-order chi connectivity index (χ1) is 12.7. The van der Waals surface area contributed by atoms with Crippen LogP contribution in [0.5, 0.6) is 0 Å². The molecule has 0 atom stereocenters. The van der Waals surface area contributed by atoms with Crippen LogP contribution in [0.25, 0.3) is 0 Å². The highest BCUT2D eigenvalue weighted by molar-refractivity contribution is 5.67. The van der Waals surface area contributed by atoms with E-state index in [1.807, 2.05) is 30.3 Å². The van der Waals surface area contributed by atoms with Crippen molar-refractivity contribution in [3.63, 3.8) is 0 Å². The Morgan fingerprint density at radius 2 is 1.85 bits per heavy atom. The van der Waals surface area contributed by atoms with Gasteiger partial charge in [0.15, 0.2) is 0 Å². The first kappa shape index (κ1) is 17.6. The second kappa shape index (κ2) is 8.75. The molecule has 0 aliphatic heterocycles. The van der Waals surface area contributed by atoms with Gasteiger partial charge in [0.2, 0.25) is 0 Å². The number of hydrogen-bond acceptors (Lipinski definition) is 4. The molecule has 0 unspecified atom stereocenters. The summed E-state index contributed by atoms with van der Waals surface area (Å²) in [5.41, 5.74) is 2.60. The smallest absolute Gasteiger partial charge is 0.407 e. The Morgan fingerprint density at radius 1 is 1.08 bits per heavy atom. The molecule has 7 heteroatoms. The molecule has 134 valence electrons. The lowest BCUT2D eigenvalue weighted by molar-refractivity contribution is 0.138. The normalized spacial score (nSPS) is 10.5. The third-order valence-corrected chi connectivity index (χ3v) is 3.72. The van der Waals surface area contributed by atoms with Crippen LogP contribution < -0.4 is 5.32 Å². The molecule has 3 aromatic rings. The molecule has 1 aromatic heterocycles. The van der Waals surface area contributed by atoms with Gasteiger partial charge in [-0.15, -0.1) is 5.10 Å². The Hall–Kier alpha value is -3.22. The van der Waals surface area contributed by atoms with Gasteiger partial charge in [0.05, 0.1) is 12.7 Å². The highest BCUT2D eigenvalue weighted by atomic mass is 19.1. The number of ether oxygens (including phenoxy) is 1. The van der Waals surface area contributed by atoms with Crippen molar-refractivity contribution in [1.82, 2.24) is 20.3 Å². The van der Waals surface area contributed by atoms with Crippen LogP contribution in [-0.2, 0) is 24.3 Å². The van der Waals surface area contributed by atoms with Crippen LogP contribution in [0, 0.1) is 5.82 Å². The van der Waals surface area contributed by atoms with E-state index in [0.29, 0.717) is 18.8 Å². The van der Waals surface area contributed by atoms with Crippen molar-refractivity contribution in [1.29, 1.82) is 0 Å². The number of halogens is 1. The van der Waals surface area contributed by atoms with E-state index in [1.165, 1.54) is 12.1 Å². The van der Waals surface area contributed by atoms with Crippen LogP contribution in [-0.4, -0.2) is 27.6 Å². The molecular formula is C19H19FN4O2. The van der Waals surface area contributed by atoms with Crippen LogP contribution in [0.1, 0.15) is 16.8 Å². The predicted octanol–water partition coefficient (Wildman–Crippen LogP) is 2.93. The van der Waals surface area contributed by atoms with Gasteiger partial charge in [0, 0.05) is 6.54 Å².